The Labute approximate surface area is 165 Å². The molecule has 0 radical (unpaired) electrons. The number of ether oxygens (including phenoxy) is 2. The second kappa shape index (κ2) is 10.5. The number of hydrazone groups is 1. The van der Waals surface area contributed by atoms with Gasteiger partial charge in [0.25, 0.3) is 5.91 Å². The number of nitrogens with one attached hydrogen (secondary N) is 2. The maximum atomic E-state index is 12.8. The third-order valence-corrected chi connectivity index (χ3v) is 3.91. The van der Waals surface area contributed by atoms with E-state index in [0.717, 1.165) is 10.0 Å². The monoisotopic (exact) mass is 437 g/mol. The molecule has 0 aliphatic carbocycles. The van der Waals surface area contributed by atoms with Crippen LogP contribution in [0.3, 0.4) is 0 Å². The smallest absolute Gasteiger partial charge is 0.259 e. The van der Waals surface area contributed by atoms with E-state index in [0.29, 0.717) is 30.4 Å². The average molecular weight is 438 g/mol. The molecule has 0 unspecified atom stereocenters. The molecule has 0 aromatic heterocycles. The zero-order chi connectivity index (χ0) is 19.6. The second-order valence-electron chi connectivity index (χ2n) is 5.35. The van der Waals surface area contributed by atoms with Crippen molar-refractivity contribution in [3.05, 3.63) is 52.3 Å². The van der Waals surface area contributed by atoms with Gasteiger partial charge < -0.3 is 14.8 Å². The van der Waals surface area contributed by atoms with Crippen molar-refractivity contribution in [3.63, 3.8) is 0 Å². The van der Waals surface area contributed by atoms with Gasteiger partial charge in [-0.05, 0) is 71.7 Å². The normalized spacial score (nSPS) is 10.7. The van der Waals surface area contributed by atoms with E-state index in [2.05, 4.69) is 31.8 Å². The number of anilines is 1. The van der Waals surface area contributed by atoms with Gasteiger partial charge in [-0.2, -0.15) is 5.10 Å². The van der Waals surface area contributed by atoms with Gasteiger partial charge in [-0.3, -0.25) is 4.79 Å². The lowest BCUT2D eigenvalue weighted by Crippen LogP contribution is -2.25. The van der Waals surface area contributed by atoms with Gasteiger partial charge in [0.2, 0.25) is 0 Å². The lowest BCUT2D eigenvalue weighted by atomic mass is 10.2. The molecule has 144 valence electrons. The van der Waals surface area contributed by atoms with Crippen LogP contribution in [0.25, 0.3) is 0 Å². The van der Waals surface area contributed by atoms with Crippen LogP contribution in [0.2, 0.25) is 0 Å². The summed E-state index contributed by atoms with van der Waals surface area (Å²) in [6.45, 7) is 4.81. The van der Waals surface area contributed by atoms with E-state index < -0.39 is 0 Å². The maximum Gasteiger partial charge on any atom is 0.259 e. The Morgan fingerprint density at radius 1 is 1.19 bits per heavy atom. The third-order valence-electron chi connectivity index (χ3n) is 3.32. The van der Waals surface area contributed by atoms with E-state index in [-0.39, 0.29) is 18.3 Å². The third kappa shape index (κ3) is 6.56. The molecule has 2 rings (SSSR count). The molecule has 27 heavy (non-hydrogen) atoms. The number of carbonyl (C=O) groups excluding carboxylic acids is 1. The van der Waals surface area contributed by atoms with Crippen LogP contribution in [0.15, 0.2) is 46.0 Å². The summed E-state index contributed by atoms with van der Waals surface area (Å²) in [6.07, 6.45) is 1.51. The van der Waals surface area contributed by atoms with Gasteiger partial charge in [-0.1, -0.05) is 0 Å². The summed E-state index contributed by atoms with van der Waals surface area (Å²) in [4.78, 5) is 11.8. The van der Waals surface area contributed by atoms with Gasteiger partial charge in [-0.15, -0.1) is 0 Å². The van der Waals surface area contributed by atoms with Crippen molar-refractivity contribution in [3.8, 4) is 11.5 Å². The fourth-order valence-electron chi connectivity index (χ4n) is 2.18. The molecule has 0 atom stereocenters. The Balaban J connectivity index is 1.94. The Morgan fingerprint density at radius 2 is 1.89 bits per heavy atom. The highest BCUT2D eigenvalue weighted by Gasteiger charge is 2.11. The van der Waals surface area contributed by atoms with Gasteiger partial charge in [0.05, 0.1) is 30.4 Å². The van der Waals surface area contributed by atoms with E-state index in [1.165, 1.54) is 18.3 Å². The molecule has 2 aromatic rings. The van der Waals surface area contributed by atoms with Crippen molar-refractivity contribution in [2.45, 2.75) is 13.8 Å². The molecule has 8 heteroatoms. The van der Waals surface area contributed by atoms with Crippen LogP contribution in [-0.2, 0) is 4.79 Å². The summed E-state index contributed by atoms with van der Waals surface area (Å²) in [6, 6.07) is 9.35. The van der Waals surface area contributed by atoms with Crippen LogP contribution in [-0.4, -0.2) is 31.9 Å². The highest BCUT2D eigenvalue weighted by atomic mass is 79.9. The molecule has 0 heterocycles. The molecule has 1 amide bonds. The van der Waals surface area contributed by atoms with Crippen LogP contribution >= 0.6 is 15.9 Å². The molecule has 0 aliphatic heterocycles. The lowest BCUT2D eigenvalue weighted by Gasteiger charge is -2.13. The molecule has 2 N–H and O–H groups in total. The summed E-state index contributed by atoms with van der Waals surface area (Å²) in [7, 11) is 0. The van der Waals surface area contributed by atoms with Crippen LogP contribution in [0.5, 0.6) is 11.5 Å². The number of rotatable bonds is 9. The van der Waals surface area contributed by atoms with E-state index in [4.69, 9.17) is 9.47 Å². The van der Waals surface area contributed by atoms with Crippen LogP contribution in [0.4, 0.5) is 10.1 Å². The predicted molar refractivity (Wildman–Crippen MR) is 107 cm³/mol. The van der Waals surface area contributed by atoms with Crippen LogP contribution in [0.1, 0.15) is 19.4 Å². The van der Waals surface area contributed by atoms with Crippen molar-refractivity contribution in [2.24, 2.45) is 5.10 Å². The van der Waals surface area contributed by atoms with Gasteiger partial charge in [0.1, 0.15) is 5.82 Å². The van der Waals surface area contributed by atoms with E-state index in [1.54, 1.807) is 18.2 Å². The number of hydrogen-bond donors (Lipinski definition) is 2. The summed E-state index contributed by atoms with van der Waals surface area (Å²) >= 11 is 3.45. The summed E-state index contributed by atoms with van der Waals surface area (Å²) in [5, 5.41) is 6.82. The Kier molecular flexibility index (Phi) is 8.06. The van der Waals surface area contributed by atoms with Crippen LogP contribution < -0.4 is 20.2 Å². The van der Waals surface area contributed by atoms with Gasteiger partial charge in [-0.25, -0.2) is 9.82 Å². The van der Waals surface area contributed by atoms with Gasteiger partial charge >= 0.3 is 0 Å². The zero-order valence-corrected chi connectivity index (χ0v) is 16.7. The predicted octanol–water partition coefficient (Wildman–Crippen LogP) is 3.95. The number of nitrogens with zero attached hydrogens (tertiary/aromatic N) is 1. The fraction of sp³-hybridized carbons (Fsp3) is 0.263. The fourth-order valence-corrected chi connectivity index (χ4v) is 2.75. The van der Waals surface area contributed by atoms with Crippen molar-refractivity contribution in [1.29, 1.82) is 0 Å². The Bertz CT molecular complexity index is 798. The number of halogens is 2. The van der Waals surface area contributed by atoms with Gasteiger partial charge in [0, 0.05) is 5.69 Å². The Hall–Kier alpha value is -2.61. The first-order valence-electron chi connectivity index (χ1n) is 8.44. The molecule has 0 bridgehead atoms. The first-order chi connectivity index (χ1) is 13.0. The molecule has 2 aromatic carbocycles. The maximum absolute atomic E-state index is 12.8. The summed E-state index contributed by atoms with van der Waals surface area (Å²) in [5.41, 5.74) is 3.81. The Morgan fingerprint density at radius 3 is 2.56 bits per heavy atom. The van der Waals surface area contributed by atoms with E-state index in [9.17, 15) is 9.18 Å². The first kappa shape index (κ1) is 20.7. The molecule has 0 saturated heterocycles. The average Bonchev–Trinajstić information content (AvgIpc) is 2.64. The lowest BCUT2D eigenvalue weighted by molar-refractivity contribution is -0.119. The molecule has 6 nitrogen and oxygen atoms in total. The number of hydrogen-bond acceptors (Lipinski definition) is 5. The molecule has 0 fully saturated rings. The molecule has 0 spiro atoms. The second-order valence-corrected chi connectivity index (χ2v) is 6.20. The standard InChI is InChI=1S/C19H21BrFN3O3/c1-3-26-17-10-13(9-16(20)19(17)27-4-2)11-23-24-18(25)12-22-15-7-5-14(21)6-8-15/h5-11,22H,3-4,12H2,1-2H3,(H,24,25)/b23-11-. The first-order valence-corrected chi connectivity index (χ1v) is 9.23. The van der Waals surface area contributed by atoms with Crippen molar-refractivity contribution in [1.82, 2.24) is 5.43 Å². The minimum absolute atomic E-state index is 0.0140. The van der Waals surface area contributed by atoms with Crippen molar-refractivity contribution < 1.29 is 18.7 Å². The van der Waals surface area contributed by atoms with Gasteiger partial charge in [0.15, 0.2) is 11.5 Å². The topological polar surface area (TPSA) is 72.0 Å². The molecular formula is C19H21BrFN3O3. The SMILES string of the molecule is CCOc1cc(/C=N\NC(=O)CNc2ccc(F)cc2)cc(Br)c1OCC. The largest absolute Gasteiger partial charge is 0.490 e. The molecular weight excluding hydrogens is 417 g/mol. The minimum atomic E-state index is -0.331. The quantitative estimate of drug-likeness (QED) is 0.460. The number of benzene rings is 2. The van der Waals surface area contributed by atoms with Crippen LogP contribution in [0, 0.1) is 5.82 Å². The minimum Gasteiger partial charge on any atom is -0.490 e. The van der Waals surface area contributed by atoms with Crippen molar-refractivity contribution in [2.75, 3.05) is 25.1 Å². The zero-order valence-electron chi connectivity index (χ0n) is 15.1. The van der Waals surface area contributed by atoms with Crippen molar-refractivity contribution >= 4 is 33.7 Å². The summed E-state index contributed by atoms with van der Waals surface area (Å²) in [5.74, 6) is 0.566. The number of amides is 1. The van der Waals surface area contributed by atoms with E-state index in [1.807, 2.05) is 19.9 Å². The number of carbonyl (C=O) groups is 1. The highest BCUT2D eigenvalue weighted by Crippen LogP contribution is 2.36. The molecule has 0 saturated carbocycles. The highest BCUT2D eigenvalue weighted by molar-refractivity contribution is 9.10. The molecule has 0 aliphatic rings. The van der Waals surface area contributed by atoms with E-state index >= 15 is 0 Å². The summed E-state index contributed by atoms with van der Waals surface area (Å²) < 4.78 is 24.8.